The third-order valence-electron chi connectivity index (χ3n) is 3.03. The fourth-order valence-electron chi connectivity index (χ4n) is 1.34. The maximum absolute atomic E-state index is 11.7. The molecule has 0 unspecified atom stereocenters. The van der Waals surface area contributed by atoms with Gasteiger partial charge in [0.05, 0.1) is 20.6 Å². The van der Waals surface area contributed by atoms with E-state index in [1.807, 2.05) is 0 Å². The Bertz CT molecular complexity index is 430. The Morgan fingerprint density at radius 3 is 2.67 bits per heavy atom. The van der Waals surface area contributed by atoms with Gasteiger partial charge in [0.2, 0.25) is 0 Å². The fraction of sp³-hybridized carbons (Fsp3) is 0.462. The summed E-state index contributed by atoms with van der Waals surface area (Å²) in [6.45, 7) is 4.10. The van der Waals surface area contributed by atoms with Crippen LogP contribution in [0.15, 0.2) is 18.2 Å². The van der Waals surface area contributed by atoms with E-state index in [1.54, 1.807) is 6.07 Å². The van der Waals surface area contributed by atoms with E-state index in [0.29, 0.717) is 12.3 Å². The van der Waals surface area contributed by atoms with E-state index in [0.717, 1.165) is 17.6 Å². The molecule has 0 atom stereocenters. The molecule has 100 valence electrons. The number of phenolic OH excluding ortho intramolecular Hbond substituents is 1. The summed E-state index contributed by atoms with van der Waals surface area (Å²) in [5.41, 5.74) is 6.04. The van der Waals surface area contributed by atoms with E-state index in [9.17, 15) is 9.90 Å². The summed E-state index contributed by atoms with van der Waals surface area (Å²) in [5.74, 6) is -0.673. The first-order valence-corrected chi connectivity index (χ1v) is 5.93. The first kappa shape index (κ1) is 14.3. The topological polar surface area (TPSA) is 72.5 Å². The highest BCUT2D eigenvalue weighted by atomic mass is 16.5. The molecule has 0 fully saturated rings. The van der Waals surface area contributed by atoms with Gasteiger partial charge in [-0.3, -0.25) is 0 Å². The molecule has 1 aromatic carbocycles. The van der Waals surface area contributed by atoms with Crippen molar-refractivity contribution in [3.8, 4) is 5.75 Å². The number of ether oxygens (including phenoxy) is 1. The van der Waals surface area contributed by atoms with Crippen molar-refractivity contribution in [1.82, 2.24) is 0 Å². The fourth-order valence-corrected chi connectivity index (χ4v) is 1.34. The summed E-state index contributed by atoms with van der Waals surface area (Å²) >= 11 is 0. The molecule has 0 spiro atoms. The molecule has 0 heterocycles. The highest BCUT2D eigenvalue weighted by Gasteiger charge is 2.16. The molecule has 3 N–H and O–H groups in total. The number of rotatable bonds is 5. The summed E-state index contributed by atoms with van der Waals surface area (Å²) in [6.07, 6.45) is 0. The van der Waals surface area contributed by atoms with Gasteiger partial charge in [0.25, 0.3) is 0 Å². The lowest BCUT2D eigenvalue weighted by Crippen LogP contribution is -2.42. The van der Waals surface area contributed by atoms with E-state index < -0.39 is 5.97 Å². The van der Waals surface area contributed by atoms with Crippen LogP contribution in [0.3, 0.4) is 0 Å². The number of quaternary nitrogens is 1. The van der Waals surface area contributed by atoms with Crippen molar-refractivity contribution in [3.05, 3.63) is 23.8 Å². The molecule has 0 saturated heterocycles. The number of anilines is 1. The predicted molar refractivity (Wildman–Crippen MR) is 70.3 cm³/mol. The van der Waals surface area contributed by atoms with Crippen molar-refractivity contribution < 1.29 is 19.1 Å². The lowest BCUT2D eigenvalue weighted by molar-refractivity contribution is -0.888. The Balaban J connectivity index is 2.56. The largest absolute Gasteiger partial charge is 0.507 e. The van der Waals surface area contributed by atoms with Gasteiger partial charge in [-0.25, -0.2) is 4.79 Å². The number of hydrogen-bond donors (Lipinski definition) is 2. The zero-order chi connectivity index (χ0) is 13.8. The lowest BCUT2D eigenvalue weighted by Gasteiger charge is -2.27. The standard InChI is InChI=1S/C13H20N2O3/c1-4-15(2,3)7-8-18-13(17)11-6-5-10(14)9-12(11)16/h5-6,9H,4,7-8H2,1-3H3,(H2-,14,16,17)/p+1. The number of nitrogens with two attached hydrogens (primary N) is 1. The highest BCUT2D eigenvalue weighted by Crippen LogP contribution is 2.20. The quantitative estimate of drug-likeness (QED) is 0.470. The summed E-state index contributed by atoms with van der Waals surface area (Å²) in [4.78, 5) is 11.7. The van der Waals surface area contributed by atoms with Gasteiger partial charge < -0.3 is 20.1 Å². The summed E-state index contributed by atoms with van der Waals surface area (Å²) < 4.78 is 5.91. The molecule has 0 aromatic heterocycles. The van der Waals surface area contributed by atoms with E-state index in [-0.39, 0.29) is 11.3 Å². The maximum Gasteiger partial charge on any atom is 0.342 e. The number of hydrogen-bond acceptors (Lipinski definition) is 4. The SMILES string of the molecule is CC[N+](C)(C)CCOC(=O)c1ccc(N)cc1O. The number of esters is 1. The van der Waals surface area contributed by atoms with Gasteiger partial charge in [-0.2, -0.15) is 0 Å². The number of nitrogen functional groups attached to an aromatic ring is 1. The molecule has 0 bridgehead atoms. The van der Waals surface area contributed by atoms with Crippen molar-refractivity contribution in [2.24, 2.45) is 0 Å². The second-order valence-electron chi connectivity index (χ2n) is 4.89. The summed E-state index contributed by atoms with van der Waals surface area (Å²) in [5, 5.41) is 9.58. The Hall–Kier alpha value is -1.75. The molecule has 1 rings (SSSR count). The van der Waals surface area contributed by atoms with E-state index in [4.69, 9.17) is 10.5 Å². The van der Waals surface area contributed by atoms with Gasteiger partial charge in [-0.05, 0) is 19.1 Å². The molecule has 18 heavy (non-hydrogen) atoms. The molecule has 5 nitrogen and oxygen atoms in total. The molecule has 0 saturated carbocycles. The molecule has 0 aliphatic rings. The Kier molecular flexibility index (Phi) is 4.55. The van der Waals surface area contributed by atoms with Crippen LogP contribution in [-0.4, -0.2) is 49.4 Å². The van der Waals surface area contributed by atoms with Gasteiger partial charge in [0.15, 0.2) is 0 Å². The van der Waals surface area contributed by atoms with Crippen molar-refractivity contribution in [3.63, 3.8) is 0 Å². The second-order valence-corrected chi connectivity index (χ2v) is 4.89. The zero-order valence-electron chi connectivity index (χ0n) is 11.1. The Labute approximate surface area is 107 Å². The number of phenols is 1. The molecular weight excluding hydrogens is 232 g/mol. The van der Waals surface area contributed by atoms with Gasteiger partial charge >= 0.3 is 5.97 Å². The van der Waals surface area contributed by atoms with Gasteiger partial charge in [0.1, 0.15) is 24.5 Å². The predicted octanol–water partition coefficient (Wildman–Crippen LogP) is 1.23. The minimum absolute atomic E-state index is 0.144. The number of benzene rings is 1. The number of likely N-dealkylation sites (N-methyl/N-ethyl adjacent to an activating group) is 1. The average molecular weight is 253 g/mol. The maximum atomic E-state index is 11.7. The van der Waals surface area contributed by atoms with Crippen molar-refractivity contribution in [1.29, 1.82) is 0 Å². The van der Waals surface area contributed by atoms with Crippen LogP contribution in [0.5, 0.6) is 5.75 Å². The minimum atomic E-state index is -0.524. The monoisotopic (exact) mass is 253 g/mol. The molecular formula is C13H21N2O3+. The normalized spacial score (nSPS) is 11.3. The third-order valence-corrected chi connectivity index (χ3v) is 3.03. The van der Waals surface area contributed by atoms with Crippen molar-refractivity contribution in [2.45, 2.75) is 6.92 Å². The zero-order valence-corrected chi connectivity index (χ0v) is 11.1. The molecule has 0 aliphatic heterocycles. The Morgan fingerprint density at radius 2 is 2.11 bits per heavy atom. The molecule has 1 aromatic rings. The van der Waals surface area contributed by atoms with E-state index in [1.165, 1.54) is 12.1 Å². The van der Waals surface area contributed by atoms with Gasteiger partial charge in [-0.1, -0.05) is 0 Å². The second kappa shape index (κ2) is 5.73. The first-order chi connectivity index (χ1) is 8.35. The first-order valence-electron chi connectivity index (χ1n) is 5.93. The summed E-state index contributed by atoms with van der Waals surface area (Å²) in [6, 6.07) is 4.36. The van der Waals surface area contributed by atoms with E-state index in [2.05, 4.69) is 21.0 Å². The molecule has 0 radical (unpaired) electrons. The lowest BCUT2D eigenvalue weighted by atomic mass is 10.2. The third kappa shape index (κ3) is 3.92. The van der Waals surface area contributed by atoms with Crippen LogP contribution in [0.1, 0.15) is 17.3 Å². The van der Waals surface area contributed by atoms with Crippen LogP contribution in [0.25, 0.3) is 0 Å². The Morgan fingerprint density at radius 1 is 1.44 bits per heavy atom. The van der Waals surface area contributed by atoms with Crippen LogP contribution in [-0.2, 0) is 4.74 Å². The van der Waals surface area contributed by atoms with Crippen molar-refractivity contribution in [2.75, 3.05) is 39.5 Å². The van der Waals surface area contributed by atoms with E-state index >= 15 is 0 Å². The van der Waals surface area contributed by atoms with Crippen molar-refractivity contribution >= 4 is 11.7 Å². The van der Waals surface area contributed by atoms with Gasteiger partial charge in [0, 0.05) is 11.8 Å². The number of nitrogens with zero attached hydrogens (tertiary/aromatic N) is 1. The van der Waals surface area contributed by atoms with Crippen LogP contribution < -0.4 is 5.73 Å². The average Bonchev–Trinajstić information content (AvgIpc) is 2.28. The van der Waals surface area contributed by atoms with Crippen LogP contribution in [0, 0.1) is 0 Å². The number of carbonyl (C=O) groups is 1. The number of aromatic hydroxyl groups is 1. The molecule has 0 aliphatic carbocycles. The van der Waals surface area contributed by atoms with Crippen LogP contribution >= 0.6 is 0 Å². The smallest absolute Gasteiger partial charge is 0.342 e. The van der Waals surface area contributed by atoms with Crippen LogP contribution in [0.2, 0.25) is 0 Å². The minimum Gasteiger partial charge on any atom is -0.507 e. The van der Waals surface area contributed by atoms with Gasteiger partial charge in [-0.15, -0.1) is 0 Å². The number of carbonyl (C=O) groups excluding carboxylic acids is 1. The highest BCUT2D eigenvalue weighted by molar-refractivity contribution is 5.92. The molecule has 0 amide bonds. The van der Waals surface area contributed by atoms with Crippen LogP contribution in [0.4, 0.5) is 5.69 Å². The summed E-state index contributed by atoms with van der Waals surface area (Å²) in [7, 11) is 4.13. The molecule has 5 heteroatoms.